The van der Waals surface area contributed by atoms with Crippen molar-refractivity contribution < 1.29 is 4.79 Å². The highest BCUT2D eigenvalue weighted by Crippen LogP contribution is 2.17. The molecule has 1 amide bonds. The fourth-order valence-electron chi connectivity index (χ4n) is 1.15. The first-order valence-corrected chi connectivity index (χ1v) is 8.69. The number of hydrogen-bond donors (Lipinski definition) is 1. The van der Waals surface area contributed by atoms with Crippen LogP contribution in [0.2, 0.25) is 0 Å². The first kappa shape index (κ1) is 17.2. The van der Waals surface area contributed by atoms with Crippen molar-refractivity contribution in [2.24, 2.45) is 5.41 Å². The van der Waals surface area contributed by atoms with Crippen LogP contribution in [0.5, 0.6) is 0 Å². The average molecular weight is 277 g/mol. The minimum absolute atomic E-state index is 0.197. The summed E-state index contributed by atoms with van der Waals surface area (Å²) in [6.07, 6.45) is 2.93. The number of nitrogens with one attached hydrogen (secondary N) is 1. The van der Waals surface area contributed by atoms with Crippen molar-refractivity contribution in [2.45, 2.75) is 47.0 Å². The monoisotopic (exact) mass is 277 g/mol. The Morgan fingerprint density at radius 3 is 2.41 bits per heavy atom. The van der Waals surface area contributed by atoms with Gasteiger partial charge in [0.15, 0.2) is 0 Å². The van der Waals surface area contributed by atoms with Gasteiger partial charge in [0.1, 0.15) is 0 Å². The minimum Gasteiger partial charge on any atom is -0.356 e. The molecule has 102 valence electrons. The second-order valence-corrected chi connectivity index (χ2v) is 7.92. The highest BCUT2D eigenvalue weighted by molar-refractivity contribution is 8.15. The van der Waals surface area contributed by atoms with Gasteiger partial charge in [-0.25, -0.2) is 0 Å². The van der Waals surface area contributed by atoms with Crippen LogP contribution in [0.3, 0.4) is 0 Å². The summed E-state index contributed by atoms with van der Waals surface area (Å²) < 4.78 is 0. The van der Waals surface area contributed by atoms with Crippen LogP contribution in [0.1, 0.15) is 47.0 Å². The number of hydrogen-bond acceptors (Lipinski definition) is 3. The third kappa shape index (κ3) is 14.1. The van der Waals surface area contributed by atoms with Gasteiger partial charge in [-0.3, -0.25) is 4.79 Å². The van der Waals surface area contributed by atoms with E-state index >= 15 is 0 Å². The molecule has 0 rings (SSSR count). The van der Waals surface area contributed by atoms with Gasteiger partial charge in [-0.1, -0.05) is 27.7 Å². The molecule has 4 heteroatoms. The molecule has 1 N–H and O–H groups in total. The van der Waals surface area contributed by atoms with Crippen LogP contribution in [0.15, 0.2) is 0 Å². The van der Waals surface area contributed by atoms with E-state index in [1.165, 1.54) is 12.2 Å². The predicted octanol–water partition coefficient (Wildman–Crippen LogP) is 3.76. The lowest BCUT2D eigenvalue weighted by atomic mass is 9.92. The van der Waals surface area contributed by atoms with Crippen molar-refractivity contribution in [2.75, 3.05) is 23.1 Å². The molecule has 0 spiro atoms. The van der Waals surface area contributed by atoms with Crippen molar-refractivity contribution in [3.05, 3.63) is 0 Å². The molecule has 0 atom stereocenters. The summed E-state index contributed by atoms with van der Waals surface area (Å²) in [5, 5.41) is 4.10. The lowest BCUT2D eigenvalue weighted by Gasteiger charge is -2.17. The number of rotatable bonds is 9. The molecule has 0 aromatic rings. The lowest BCUT2D eigenvalue weighted by Crippen LogP contribution is -2.27. The Balaban J connectivity index is 3.29. The maximum absolute atomic E-state index is 11.5. The number of carbonyl (C=O) groups is 1. The fourth-order valence-corrected chi connectivity index (χ4v) is 3.18. The van der Waals surface area contributed by atoms with Gasteiger partial charge in [0.25, 0.3) is 0 Å². The first-order valence-electron chi connectivity index (χ1n) is 6.38. The second kappa shape index (κ2) is 10.1. The van der Waals surface area contributed by atoms with Crippen molar-refractivity contribution in [1.29, 1.82) is 0 Å². The van der Waals surface area contributed by atoms with Gasteiger partial charge >= 0.3 is 0 Å². The Bertz CT molecular complexity index is 202. The van der Waals surface area contributed by atoms with Crippen LogP contribution in [0.4, 0.5) is 0 Å². The van der Waals surface area contributed by atoms with E-state index < -0.39 is 0 Å². The van der Waals surface area contributed by atoms with E-state index in [-0.39, 0.29) is 5.91 Å². The Morgan fingerprint density at radius 1 is 1.18 bits per heavy atom. The van der Waals surface area contributed by atoms with Crippen molar-refractivity contribution in [1.82, 2.24) is 5.32 Å². The van der Waals surface area contributed by atoms with Crippen LogP contribution in [-0.2, 0) is 4.79 Å². The molecule has 0 aromatic heterocycles. The van der Waals surface area contributed by atoms with Crippen LogP contribution in [0, 0.1) is 5.41 Å². The number of carbonyl (C=O) groups excluding carboxylic acids is 1. The molecule has 0 aliphatic rings. The number of amides is 1. The molecule has 0 radical (unpaired) electrons. The van der Waals surface area contributed by atoms with Crippen LogP contribution in [-0.4, -0.2) is 29.0 Å². The van der Waals surface area contributed by atoms with E-state index in [9.17, 15) is 4.79 Å². The van der Waals surface area contributed by atoms with Crippen molar-refractivity contribution in [3.8, 4) is 0 Å². The molecule has 0 saturated carbocycles. The quantitative estimate of drug-likeness (QED) is 0.514. The summed E-state index contributed by atoms with van der Waals surface area (Å²) in [6.45, 7) is 9.58. The van der Waals surface area contributed by atoms with Crippen LogP contribution in [0.25, 0.3) is 0 Å². The standard InChI is InChI=1S/C13H27NOS2/c1-5-9-16-11-17-10-6-12(15)14-8-7-13(2,3)4/h5-11H2,1-4H3,(H,14,15). The van der Waals surface area contributed by atoms with E-state index in [4.69, 9.17) is 0 Å². The summed E-state index contributed by atoms with van der Waals surface area (Å²) in [5.74, 6) is 2.37. The Labute approximate surface area is 115 Å². The van der Waals surface area contributed by atoms with Crippen LogP contribution < -0.4 is 5.32 Å². The van der Waals surface area contributed by atoms with E-state index in [1.54, 1.807) is 0 Å². The van der Waals surface area contributed by atoms with Gasteiger partial charge in [0.2, 0.25) is 5.91 Å². The molecule has 0 saturated heterocycles. The number of thioether (sulfide) groups is 2. The molecular weight excluding hydrogens is 250 g/mol. The Hall–Kier alpha value is 0.170. The normalized spacial score (nSPS) is 11.5. The topological polar surface area (TPSA) is 29.1 Å². The maximum Gasteiger partial charge on any atom is 0.220 e. The van der Waals surface area contributed by atoms with E-state index in [2.05, 4.69) is 33.0 Å². The summed E-state index contributed by atoms with van der Waals surface area (Å²) in [4.78, 5) is 11.5. The van der Waals surface area contributed by atoms with Gasteiger partial charge in [0, 0.05) is 23.8 Å². The highest BCUT2D eigenvalue weighted by Gasteiger charge is 2.10. The summed E-state index contributed by atoms with van der Waals surface area (Å²) >= 11 is 3.82. The molecule has 0 aromatic carbocycles. The van der Waals surface area contributed by atoms with E-state index in [0.717, 1.165) is 23.8 Å². The van der Waals surface area contributed by atoms with Gasteiger partial charge < -0.3 is 5.32 Å². The van der Waals surface area contributed by atoms with Gasteiger partial charge in [-0.05, 0) is 24.0 Å². The Kier molecular flexibility index (Phi) is 10.2. The highest BCUT2D eigenvalue weighted by atomic mass is 32.2. The van der Waals surface area contributed by atoms with Gasteiger partial charge in [0.05, 0.1) is 0 Å². The fraction of sp³-hybridized carbons (Fsp3) is 0.923. The van der Waals surface area contributed by atoms with E-state index in [1.807, 2.05) is 23.5 Å². The lowest BCUT2D eigenvalue weighted by molar-refractivity contribution is -0.120. The van der Waals surface area contributed by atoms with Crippen molar-refractivity contribution >= 4 is 29.4 Å². The zero-order chi connectivity index (χ0) is 13.1. The molecule has 0 fully saturated rings. The molecule has 0 heterocycles. The third-order valence-electron chi connectivity index (χ3n) is 2.19. The zero-order valence-corrected chi connectivity index (χ0v) is 13.3. The predicted molar refractivity (Wildman–Crippen MR) is 81.8 cm³/mol. The first-order chi connectivity index (χ1) is 7.95. The third-order valence-corrected chi connectivity index (χ3v) is 4.71. The molecule has 17 heavy (non-hydrogen) atoms. The summed E-state index contributed by atoms with van der Waals surface area (Å²) in [7, 11) is 0. The van der Waals surface area contributed by atoms with Crippen molar-refractivity contribution in [3.63, 3.8) is 0 Å². The largest absolute Gasteiger partial charge is 0.356 e. The summed E-state index contributed by atoms with van der Waals surface area (Å²) in [6, 6.07) is 0. The molecule has 0 unspecified atom stereocenters. The maximum atomic E-state index is 11.5. The molecule has 0 bridgehead atoms. The molecule has 0 aliphatic heterocycles. The van der Waals surface area contributed by atoms with Crippen LogP contribution >= 0.6 is 23.5 Å². The van der Waals surface area contributed by atoms with Gasteiger partial charge in [-0.2, -0.15) is 23.5 Å². The summed E-state index contributed by atoms with van der Waals surface area (Å²) in [5.41, 5.74) is 0.304. The average Bonchev–Trinajstić information content (AvgIpc) is 2.21. The van der Waals surface area contributed by atoms with Gasteiger partial charge in [-0.15, -0.1) is 0 Å². The Morgan fingerprint density at radius 2 is 1.82 bits per heavy atom. The smallest absolute Gasteiger partial charge is 0.220 e. The molecule has 0 aliphatic carbocycles. The minimum atomic E-state index is 0.197. The van der Waals surface area contributed by atoms with E-state index in [0.29, 0.717) is 11.8 Å². The SMILES string of the molecule is CCCSCSCCC(=O)NCCC(C)(C)C. The molecule has 2 nitrogen and oxygen atoms in total. The zero-order valence-electron chi connectivity index (χ0n) is 11.7. The molecular formula is C13H27NOS2. The second-order valence-electron chi connectivity index (χ2n) is 5.34.